The monoisotopic (exact) mass is 315 g/mol. The van der Waals surface area contributed by atoms with Gasteiger partial charge in [-0.15, -0.1) is 0 Å². The molecule has 1 aromatic rings. The van der Waals surface area contributed by atoms with Gasteiger partial charge in [0.2, 0.25) is 5.91 Å². The third-order valence-electron chi connectivity index (χ3n) is 3.34. The zero-order valence-corrected chi connectivity index (χ0v) is 13.5. The molecule has 0 saturated carbocycles. The summed E-state index contributed by atoms with van der Waals surface area (Å²) in [7, 11) is 0. The van der Waals surface area contributed by atoms with Crippen molar-refractivity contribution in [2.75, 3.05) is 0 Å². The third-order valence-corrected chi connectivity index (χ3v) is 3.90. The van der Waals surface area contributed by atoms with Crippen LogP contribution >= 0.6 is 23.2 Å². The number of hydrogen-bond acceptors (Lipinski definition) is 2. The molecule has 3 nitrogen and oxygen atoms in total. The summed E-state index contributed by atoms with van der Waals surface area (Å²) < 4.78 is 0. The highest BCUT2D eigenvalue weighted by molar-refractivity contribution is 6.35. The van der Waals surface area contributed by atoms with Crippen molar-refractivity contribution >= 4 is 35.2 Å². The van der Waals surface area contributed by atoms with Crippen LogP contribution in [0.25, 0.3) is 6.08 Å². The predicted molar refractivity (Wildman–Crippen MR) is 84.0 cm³/mol. The molecule has 0 spiro atoms. The fourth-order valence-corrected chi connectivity index (χ4v) is 1.78. The summed E-state index contributed by atoms with van der Waals surface area (Å²) in [5, 5.41) is 13.7. The summed E-state index contributed by atoms with van der Waals surface area (Å²) in [6.07, 6.45) is 2.98. The molecule has 0 unspecified atom stereocenters. The number of carbonyl (C=O) groups excluding carboxylic acids is 1. The maximum absolute atomic E-state index is 11.9. The summed E-state index contributed by atoms with van der Waals surface area (Å²) in [6.45, 7) is 6.81. The van der Waals surface area contributed by atoms with Crippen LogP contribution in [0.2, 0.25) is 10.0 Å². The first kappa shape index (κ1) is 17.0. The molecule has 5 heteroatoms. The van der Waals surface area contributed by atoms with Crippen molar-refractivity contribution in [1.82, 2.24) is 5.32 Å². The van der Waals surface area contributed by atoms with E-state index in [0.29, 0.717) is 15.6 Å². The van der Waals surface area contributed by atoms with Crippen LogP contribution in [0, 0.1) is 0 Å². The number of benzene rings is 1. The van der Waals surface area contributed by atoms with Crippen molar-refractivity contribution in [1.29, 1.82) is 0 Å². The lowest BCUT2D eigenvalue weighted by atomic mass is 9.86. The Balaban J connectivity index is 2.79. The molecule has 1 rings (SSSR count). The number of rotatable bonds is 4. The highest BCUT2D eigenvalue weighted by Gasteiger charge is 2.35. The second kappa shape index (κ2) is 6.17. The minimum atomic E-state index is -1.03. The first-order chi connectivity index (χ1) is 9.03. The Hall–Kier alpha value is -1.03. The van der Waals surface area contributed by atoms with Crippen molar-refractivity contribution in [2.45, 2.75) is 38.8 Å². The van der Waals surface area contributed by atoms with Crippen LogP contribution in [0.4, 0.5) is 0 Å². The normalized spacial score (nSPS) is 12.8. The Morgan fingerprint density at radius 3 is 2.35 bits per heavy atom. The van der Waals surface area contributed by atoms with E-state index >= 15 is 0 Å². The second-order valence-corrected chi connectivity index (χ2v) is 6.52. The Morgan fingerprint density at radius 1 is 1.25 bits per heavy atom. The SMILES string of the molecule is CC(C)(O)C(C)(C)NC(=O)/C=C/c1ccc(Cl)cc1Cl. The van der Waals surface area contributed by atoms with E-state index in [0.717, 1.165) is 0 Å². The van der Waals surface area contributed by atoms with Crippen LogP contribution < -0.4 is 5.32 Å². The maximum atomic E-state index is 11.9. The van der Waals surface area contributed by atoms with Gasteiger partial charge < -0.3 is 10.4 Å². The average Bonchev–Trinajstić information content (AvgIpc) is 2.25. The Morgan fingerprint density at radius 2 is 1.85 bits per heavy atom. The first-order valence-electron chi connectivity index (χ1n) is 6.20. The third kappa shape index (κ3) is 4.51. The number of nitrogens with one attached hydrogen (secondary N) is 1. The first-order valence-corrected chi connectivity index (χ1v) is 6.96. The van der Waals surface area contributed by atoms with Gasteiger partial charge in [0.05, 0.1) is 11.1 Å². The Bertz CT molecular complexity index is 531. The highest BCUT2D eigenvalue weighted by atomic mass is 35.5. The fraction of sp³-hybridized carbons (Fsp3) is 0.400. The average molecular weight is 316 g/mol. The largest absolute Gasteiger partial charge is 0.388 e. The smallest absolute Gasteiger partial charge is 0.244 e. The van der Waals surface area contributed by atoms with E-state index in [-0.39, 0.29) is 5.91 Å². The van der Waals surface area contributed by atoms with E-state index < -0.39 is 11.1 Å². The lowest BCUT2D eigenvalue weighted by Crippen LogP contribution is -2.57. The summed E-state index contributed by atoms with van der Waals surface area (Å²) in [6, 6.07) is 5.04. The number of halogens is 2. The molecule has 0 fully saturated rings. The van der Waals surface area contributed by atoms with Crippen molar-refractivity contribution in [2.24, 2.45) is 0 Å². The number of aliphatic hydroxyl groups is 1. The van der Waals surface area contributed by atoms with Crippen molar-refractivity contribution in [3.8, 4) is 0 Å². The predicted octanol–water partition coefficient (Wildman–Crippen LogP) is 3.67. The van der Waals surface area contributed by atoms with Crippen LogP contribution in [0.3, 0.4) is 0 Å². The van der Waals surface area contributed by atoms with E-state index in [9.17, 15) is 9.90 Å². The molecule has 1 aromatic carbocycles. The molecule has 0 aliphatic rings. The number of carbonyl (C=O) groups is 1. The highest BCUT2D eigenvalue weighted by Crippen LogP contribution is 2.23. The van der Waals surface area contributed by atoms with E-state index in [2.05, 4.69) is 5.32 Å². The van der Waals surface area contributed by atoms with Gasteiger partial charge in [-0.1, -0.05) is 29.3 Å². The lowest BCUT2D eigenvalue weighted by Gasteiger charge is -2.37. The van der Waals surface area contributed by atoms with Crippen LogP contribution in [0.15, 0.2) is 24.3 Å². The summed E-state index contributed by atoms with van der Waals surface area (Å²) in [5.41, 5.74) is -1.08. The van der Waals surface area contributed by atoms with Crippen LogP contribution in [-0.4, -0.2) is 22.2 Å². The molecule has 20 heavy (non-hydrogen) atoms. The molecule has 1 amide bonds. The molecule has 0 radical (unpaired) electrons. The molecular weight excluding hydrogens is 297 g/mol. The molecule has 110 valence electrons. The number of hydrogen-bond donors (Lipinski definition) is 2. The van der Waals surface area contributed by atoms with Gasteiger partial charge in [-0.2, -0.15) is 0 Å². The maximum Gasteiger partial charge on any atom is 0.244 e. The van der Waals surface area contributed by atoms with Gasteiger partial charge in [0, 0.05) is 16.1 Å². The van der Waals surface area contributed by atoms with Crippen LogP contribution in [0.5, 0.6) is 0 Å². The molecule has 0 saturated heterocycles. The van der Waals surface area contributed by atoms with Gasteiger partial charge in [0.15, 0.2) is 0 Å². The summed E-state index contributed by atoms with van der Waals surface area (Å²) >= 11 is 11.8. The molecule has 0 heterocycles. The quantitative estimate of drug-likeness (QED) is 0.833. The summed E-state index contributed by atoms with van der Waals surface area (Å²) in [4.78, 5) is 11.9. The molecule has 2 N–H and O–H groups in total. The molecular formula is C15H19Cl2NO2. The van der Waals surface area contributed by atoms with Crippen LogP contribution in [0.1, 0.15) is 33.3 Å². The van der Waals surface area contributed by atoms with Crippen molar-refractivity contribution in [3.63, 3.8) is 0 Å². The molecule has 0 atom stereocenters. The molecule has 0 aliphatic heterocycles. The minimum Gasteiger partial charge on any atom is -0.388 e. The van der Waals surface area contributed by atoms with Gasteiger partial charge in [-0.05, 0) is 51.5 Å². The topological polar surface area (TPSA) is 49.3 Å². The fourth-order valence-electron chi connectivity index (χ4n) is 1.30. The Labute approximate surface area is 129 Å². The van der Waals surface area contributed by atoms with Crippen molar-refractivity contribution < 1.29 is 9.90 Å². The zero-order valence-electron chi connectivity index (χ0n) is 12.0. The van der Waals surface area contributed by atoms with E-state index in [1.165, 1.54) is 6.08 Å². The van der Waals surface area contributed by atoms with Gasteiger partial charge in [-0.25, -0.2) is 0 Å². The van der Waals surface area contributed by atoms with Gasteiger partial charge in [0.25, 0.3) is 0 Å². The van der Waals surface area contributed by atoms with Crippen LogP contribution in [-0.2, 0) is 4.79 Å². The molecule has 0 bridgehead atoms. The van der Waals surface area contributed by atoms with Gasteiger partial charge in [0.1, 0.15) is 0 Å². The Kier molecular flexibility index (Phi) is 5.25. The van der Waals surface area contributed by atoms with Gasteiger partial charge in [-0.3, -0.25) is 4.79 Å². The van der Waals surface area contributed by atoms with Gasteiger partial charge >= 0.3 is 0 Å². The molecule has 0 aliphatic carbocycles. The van der Waals surface area contributed by atoms with E-state index in [1.807, 2.05) is 0 Å². The number of amides is 1. The standard InChI is InChI=1S/C15H19Cl2NO2/c1-14(2,15(3,4)20)18-13(19)8-6-10-5-7-11(16)9-12(10)17/h5-9,20H,1-4H3,(H,18,19)/b8-6+. The summed E-state index contributed by atoms with van der Waals surface area (Å²) in [5.74, 6) is -0.303. The molecule has 0 aromatic heterocycles. The van der Waals surface area contributed by atoms with E-state index in [4.69, 9.17) is 23.2 Å². The zero-order chi connectivity index (χ0) is 15.6. The second-order valence-electron chi connectivity index (χ2n) is 5.67. The lowest BCUT2D eigenvalue weighted by molar-refractivity contribution is -0.121. The van der Waals surface area contributed by atoms with Crippen molar-refractivity contribution in [3.05, 3.63) is 39.9 Å². The minimum absolute atomic E-state index is 0.303. The van der Waals surface area contributed by atoms with E-state index in [1.54, 1.807) is 52.0 Å².